The van der Waals surface area contributed by atoms with E-state index >= 15 is 0 Å². The Morgan fingerprint density at radius 1 is 1.50 bits per heavy atom. The normalized spacial score (nSPS) is 20.8. The van der Waals surface area contributed by atoms with Crippen molar-refractivity contribution in [3.63, 3.8) is 0 Å². The molecule has 110 valence electrons. The summed E-state index contributed by atoms with van der Waals surface area (Å²) in [7, 11) is -3.75. The summed E-state index contributed by atoms with van der Waals surface area (Å²) in [5.41, 5.74) is -0.228. The lowest BCUT2D eigenvalue weighted by molar-refractivity contribution is 0.0392. The van der Waals surface area contributed by atoms with E-state index in [9.17, 15) is 13.2 Å². The first kappa shape index (κ1) is 15.2. The van der Waals surface area contributed by atoms with E-state index in [0.29, 0.717) is 13.2 Å². The van der Waals surface area contributed by atoms with Crippen LogP contribution in [0.5, 0.6) is 0 Å². The van der Waals surface area contributed by atoms with Crippen LogP contribution in [0.4, 0.5) is 0 Å². The monoisotopic (exact) mass is 319 g/mol. The zero-order valence-corrected chi connectivity index (χ0v) is 12.3. The van der Waals surface area contributed by atoms with E-state index in [2.05, 4.69) is 0 Å². The molecule has 2 rings (SSSR count). The van der Waals surface area contributed by atoms with Gasteiger partial charge in [0.25, 0.3) is 0 Å². The smallest absolute Gasteiger partial charge is 0.337 e. The Kier molecular flexibility index (Phi) is 4.33. The van der Waals surface area contributed by atoms with Crippen molar-refractivity contribution in [1.29, 1.82) is 0 Å². The minimum absolute atomic E-state index is 0.00600. The van der Waals surface area contributed by atoms with E-state index in [1.54, 1.807) is 6.92 Å². The molecule has 1 aliphatic rings. The van der Waals surface area contributed by atoms with Crippen LogP contribution in [0, 0.1) is 0 Å². The van der Waals surface area contributed by atoms with Gasteiger partial charge in [-0.25, -0.2) is 13.2 Å². The topological polar surface area (TPSA) is 83.9 Å². The highest BCUT2D eigenvalue weighted by atomic mass is 35.5. The molecule has 1 atom stereocenters. The predicted octanol–water partition coefficient (Wildman–Crippen LogP) is 1.45. The summed E-state index contributed by atoms with van der Waals surface area (Å²) in [4.78, 5) is 11.0. The molecule has 0 bridgehead atoms. The predicted molar refractivity (Wildman–Crippen MR) is 72.6 cm³/mol. The first-order valence-electron chi connectivity index (χ1n) is 5.96. The maximum atomic E-state index is 12.5. The van der Waals surface area contributed by atoms with Crippen LogP contribution >= 0.6 is 11.6 Å². The van der Waals surface area contributed by atoms with Crippen molar-refractivity contribution in [2.45, 2.75) is 17.9 Å². The Bertz CT molecular complexity index is 631. The molecule has 0 aromatic heterocycles. The lowest BCUT2D eigenvalue weighted by Crippen LogP contribution is -2.46. The Hall–Kier alpha value is -1.15. The molecule has 1 heterocycles. The Labute approximate surface area is 122 Å². The number of carboxylic acid groups (broad SMARTS) is 1. The molecule has 1 N–H and O–H groups in total. The summed E-state index contributed by atoms with van der Waals surface area (Å²) in [5, 5.41) is 9.01. The van der Waals surface area contributed by atoms with Gasteiger partial charge in [0, 0.05) is 12.6 Å². The van der Waals surface area contributed by atoms with E-state index in [4.69, 9.17) is 21.4 Å². The number of hydrogen-bond acceptors (Lipinski definition) is 4. The molecule has 0 unspecified atom stereocenters. The fourth-order valence-electron chi connectivity index (χ4n) is 2.03. The molecule has 0 amide bonds. The fourth-order valence-corrected chi connectivity index (χ4v) is 3.86. The second-order valence-corrected chi connectivity index (χ2v) is 6.78. The third-order valence-electron chi connectivity index (χ3n) is 3.08. The van der Waals surface area contributed by atoms with Crippen molar-refractivity contribution in [2.75, 3.05) is 19.8 Å². The number of sulfonamides is 1. The molecule has 0 aliphatic carbocycles. The minimum atomic E-state index is -3.75. The number of rotatable bonds is 3. The summed E-state index contributed by atoms with van der Waals surface area (Å²) in [6, 6.07) is 3.38. The van der Waals surface area contributed by atoms with Gasteiger partial charge in [-0.05, 0) is 25.1 Å². The summed E-state index contributed by atoms with van der Waals surface area (Å²) in [6.45, 7) is 2.63. The maximum Gasteiger partial charge on any atom is 0.337 e. The van der Waals surface area contributed by atoms with E-state index in [-0.39, 0.29) is 28.1 Å². The third-order valence-corrected chi connectivity index (χ3v) is 5.42. The average Bonchev–Trinajstić information content (AvgIpc) is 2.38. The molecular formula is C12H14ClNO5S. The van der Waals surface area contributed by atoms with Gasteiger partial charge in [-0.1, -0.05) is 11.6 Å². The summed E-state index contributed by atoms with van der Waals surface area (Å²) in [6.07, 6.45) is 0. The van der Waals surface area contributed by atoms with Crippen molar-refractivity contribution in [1.82, 2.24) is 4.31 Å². The molecule has 1 aromatic carbocycles. The highest BCUT2D eigenvalue weighted by Gasteiger charge is 2.32. The molecule has 1 fully saturated rings. The number of morpholine rings is 1. The van der Waals surface area contributed by atoms with E-state index in [1.165, 1.54) is 16.4 Å². The minimum Gasteiger partial charge on any atom is -0.478 e. The van der Waals surface area contributed by atoms with Crippen LogP contribution < -0.4 is 0 Å². The van der Waals surface area contributed by atoms with Crippen LogP contribution in [0.1, 0.15) is 17.3 Å². The molecule has 1 aliphatic heterocycles. The zero-order valence-electron chi connectivity index (χ0n) is 10.7. The maximum absolute atomic E-state index is 12.5. The van der Waals surface area contributed by atoms with Crippen molar-refractivity contribution in [3.05, 3.63) is 28.8 Å². The summed E-state index contributed by atoms with van der Waals surface area (Å²) >= 11 is 5.75. The molecule has 8 heteroatoms. The highest BCUT2D eigenvalue weighted by molar-refractivity contribution is 7.89. The number of hydrogen-bond donors (Lipinski definition) is 1. The number of ether oxygens (including phenoxy) is 1. The van der Waals surface area contributed by atoms with Crippen molar-refractivity contribution in [2.24, 2.45) is 0 Å². The molecule has 1 saturated heterocycles. The average molecular weight is 320 g/mol. The van der Waals surface area contributed by atoms with Crippen LogP contribution in [0.25, 0.3) is 0 Å². The number of aromatic carboxylic acids is 1. The number of carbonyl (C=O) groups is 1. The van der Waals surface area contributed by atoms with Crippen molar-refractivity contribution in [3.8, 4) is 0 Å². The number of halogens is 1. The molecule has 6 nitrogen and oxygen atoms in total. The second-order valence-electron chi connectivity index (χ2n) is 4.49. The van der Waals surface area contributed by atoms with Crippen LogP contribution in [0.2, 0.25) is 5.02 Å². The van der Waals surface area contributed by atoms with Crippen LogP contribution in [0.3, 0.4) is 0 Å². The van der Waals surface area contributed by atoms with Crippen molar-refractivity contribution < 1.29 is 23.1 Å². The van der Waals surface area contributed by atoms with Gasteiger partial charge >= 0.3 is 5.97 Å². The summed E-state index contributed by atoms with van der Waals surface area (Å²) in [5.74, 6) is -1.26. The molecular weight excluding hydrogens is 306 g/mol. The number of benzene rings is 1. The van der Waals surface area contributed by atoms with Crippen molar-refractivity contribution >= 4 is 27.6 Å². The van der Waals surface area contributed by atoms with E-state index in [1.807, 2.05) is 0 Å². The Morgan fingerprint density at radius 2 is 2.20 bits per heavy atom. The lowest BCUT2D eigenvalue weighted by atomic mass is 10.2. The van der Waals surface area contributed by atoms with Gasteiger partial charge in [-0.2, -0.15) is 4.31 Å². The van der Waals surface area contributed by atoms with Gasteiger partial charge in [-0.3, -0.25) is 0 Å². The summed E-state index contributed by atoms with van der Waals surface area (Å²) < 4.78 is 31.5. The van der Waals surface area contributed by atoms with E-state index in [0.717, 1.165) is 6.07 Å². The fraction of sp³-hybridized carbons (Fsp3) is 0.417. The standard InChI is InChI=1S/C12H14ClNO5S/c1-8-7-19-5-4-14(8)20(17,18)9-2-3-11(13)10(6-9)12(15)16/h2-3,6,8H,4-5,7H2,1H3,(H,15,16)/t8-/m1/s1. The largest absolute Gasteiger partial charge is 0.478 e. The van der Waals surface area contributed by atoms with Gasteiger partial charge in [0.1, 0.15) is 0 Å². The molecule has 0 radical (unpaired) electrons. The molecule has 0 saturated carbocycles. The van der Waals surface area contributed by atoms with Gasteiger partial charge < -0.3 is 9.84 Å². The SMILES string of the molecule is C[C@@H]1COCCN1S(=O)(=O)c1ccc(Cl)c(C(=O)O)c1. The Balaban J connectivity index is 2.44. The van der Waals surface area contributed by atoms with Gasteiger partial charge in [0.15, 0.2) is 0 Å². The van der Waals surface area contributed by atoms with Gasteiger partial charge in [0.05, 0.1) is 28.7 Å². The van der Waals surface area contributed by atoms with Gasteiger partial charge in [-0.15, -0.1) is 0 Å². The third kappa shape index (κ3) is 2.80. The first-order chi connectivity index (χ1) is 9.34. The van der Waals surface area contributed by atoms with Crippen LogP contribution in [0.15, 0.2) is 23.1 Å². The van der Waals surface area contributed by atoms with Crippen LogP contribution in [-0.2, 0) is 14.8 Å². The zero-order chi connectivity index (χ0) is 14.9. The second kappa shape index (κ2) is 5.69. The number of nitrogens with zero attached hydrogens (tertiary/aromatic N) is 1. The first-order valence-corrected chi connectivity index (χ1v) is 7.78. The Morgan fingerprint density at radius 3 is 2.80 bits per heavy atom. The van der Waals surface area contributed by atoms with Crippen LogP contribution in [-0.4, -0.2) is 49.6 Å². The molecule has 20 heavy (non-hydrogen) atoms. The molecule has 1 aromatic rings. The molecule has 0 spiro atoms. The van der Waals surface area contributed by atoms with Gasteiger partial charge in [0.2, 0.25) is 10.0 Å². The highest BCUT2D eigenvalue weighted by Crippen LogP contribution is 2.25. The van der Waals surface area contributed by atoms with E-state index < -0.39 is 16.0 Å². The lowest BCUT2D eigenvalue weighted by Gasteiger charge is -2.32. The quantitative estimate of drug-likeness (QED) is 0.911. The number of carboxylic acids is 1.